The third-order valence-corrected chi connectivity index (χ3v) is 3.21. The summed E-state index contributed by atoms with van der Waals surface area (Å²) in [6.45, 7) is 0. The number of fused-ring (bicyclic) bond motifs is 1. The van der Waals surface area contributed by atoms with E-state index in [0.29, 0.717) is 24.4 Å². The summed E-state index contributed by atoms with van der Waals surface area (Å²) in [5.41, 5.74) is 0. The van der Waals surface area contributed by atoms with Crippen LogP contribution in [0, 0.1) is 11.8 Å². The van der Waals surface area contributed by atoms with Crippen molar-refractivity contribution in [1.82, 2.24) is 0 Å². The molecule has 2 aliphatic rings. The second-order valence-corrected chi connectivity index (χ2v) is 3.93. The topological polar surface area (TPSA) is 34.1 Å². The molecule has 0 aromatic carbocycles. The van der Waals surface area contributed by atoms with Gasteiger partial charge in [0.15, 0.2) is 0 Å². The van der Waals surface area contributed by atoms with Crippen LogP contribution in [0.5, 0.6) is 0 Å². The molecule has 0 unspecified atom stereocenters. The number of rotatable bonds is 0. The van der Waals surface area contributed by atoms with Gasteiger partial charge in [-0.3, -0.25) is 9.59 Å². The van der Waals surface area contributed by atoms with Gasteiger partial charge in [-0.25, -0.2) is 0 Å². The Bertz CT molecular complexity index is 196. The minimum absolute atomic E-state index is 0.111. The molecule has 0 aromatic rings. The number of ketones is 2. The van der Waals surface area contributed by atoms with E-state index >= 15 is 0 Å². The lowest BCUT2D eigenvalue weighted by Gasteiger charge is -2.32. The van der Waals surface area contributed by atoms with Gasteiger partial charge in [-0.2, -0.15) is 0 Å². The minimum atomic E-state index is 0.111. The molecule has 2 saturated carbocycles. The first-order chi connectivity index (χ1) is 5.79. The maximum atomic E-state index is 11.4. The highest BCUT2D eigenvalue weighted by Crippen LogP contribution is 2.36. The molecule has 0 bridgehead atoms. The Kier molecular flexibility index (Phi) is 1.99. The Balaban J connectivity index is 2.16. The fraction of sp³-hybridized carbons (Fsp3) is 0.800. The van der Waals surface area contributed by atoms with Gasteiger partial charge in [0.25, 0.3) is 0 Å². The SMILES string of the molecule is O=C1CCC(=O)[C@@H]2CCCC[C@H]12. The van der Waals surface area contributed by atoms with Crippen molar-refractivity contribution in [2.24, 2.45) is 11.8 Å². The average molecular weight is 166 g/mol. The van der Waals surface area contributed by atoms with E-state index in [2.05, 4.69) is 0 Å². The van der Waals surface area contributed by atoms with Crippen molar-refractivity contribution in [3.8, 4) is 0 Å². The van der Waals surface area contributed by atoms with Gasteiger partial charge >= 0.3 is 0 Å². The zero-order chi connectivity index (χ0) is 8.55. The summed E-state index contributed by atoms with van der Waals surface area (Å²) in [5.74, 6) is 0.915. The Hall–Kier alpha value is -0.660. The van der Waals surface area contributed by atoms with Gasteiger partial charge in [0.1, 0.15) is 11.6 Å². The van der Waals surface area contributed by atoms with Crippen LogP contribution in [-0.2, 0) is 9.59 Å². The summed E-state index contributed by atoms with van der Waals surface area (Å²) >= 11 is 0. The van der Waals surface area contributed by atoms with E-state index in [1.54, 1.807) is 0 Å². The maximum absolute atomic E-state index is 11.4. The van der Waals surface area contributed by atoms with E-state index in [1.807, 2.05) is 0 Å². The van der Waals surface area contributed by atoms with E-state index in [1.165, 1.54) is 0 Å². The van der Waals surface area contributed by atoms with Crippen molar-refractivity contribution in [3.05, 3.63) is 0 Å². The molecule has 0 N–H and O–H groups in total. The Morgan fingerprint density at radius 1 is 0.833 bits per heavy atom. The van der Waals surface area contributed by atoms with Crippen molar-refractivity contribution in [2.75, 3.05) is 0 Å². The summed E-state index contributed by atoms with van der Waals surface area (Å²) in [6, 6.07) is 0. The monoisotopic (exact) mass is 166 g/mol. The van der Waals surface area contributed by atoms with Gasteiger partial charge in [-0.05, 0) is 12.8 Å². The molecular formula is C10H14O2. The summed E-state index contributed by atoms with van der Waals surface area (Å²) in [6.07, 6.45) is 5.24. The summed E-state index contributed by atoms with van der Waals surface area (Å²) in [4.78, 5) is 22.8. The van der Waals surface area contributed by atoms with Crippen LogP contribution in [-0.4, -0.2) is 11.6 Å². The zero-order valence-electron chi connectivity index (χ0n) is 7.21. The molecule has 0 heterocycles. The standard InChI is InChI=1S/C10H14O2/c11-9-5-6-10(12)8-4-2-1-3-7(8)9/h7-8H,1-6H2/t7-,8+. The predicted molar refractivity (Wildman–Crippen MR) is 44.7 cm³/mol. The third kappa shape index (κ3) is 1.19. The third-order valence-electron chi connectivity index (χ3n) is 3.21. The quantitative estimate of drug-likeness (QED) is 0.549. The number of Topliss-reactive ketones (excluding diaryl/α,β-unsaturated/α-hetero) is 2. The number of hydrogen-bond donors (Lipinski definition) is 0. The summed E-state index contributed by atoms with van der Waals surface area (Å²) in [7, 11) is 0. The molecule has 0 radical (unpaired) electrons. The van der Waals surface area contributed by atoms with Crippen molar-refractivity contribution in [1.29, 1.82) is 0 Å². The van der Waals surface area contributed by atoms with Crippen molar-refractivity contribution in [2.45, 2.75) is 38.5 Å². The van der Waals surface area contributed by atoms with E-state index in [-0.39, 0.29) is 11.8 Å². The van der Waals surface area contributed by atoms with Crippen molar-refractivity contribution in [3.63, 3.8) is 0 Å². The number of carbonyl (C=O) groups is 2. The first kappa shape index (κ1) is 7.96. The Morgan fingerprint density at radius 2 is 1.25 bits per heavy atom. The lowest BCUT2D eigenvalue weighted by molar-refractivity contribution is -0.139. The van der Waals surface area contributed by atoms with E-state index < -0.39 is 0 Å². The molecule has 0 aromatic heterocycles. The molecule has 2 rings (SSSR count). The Morgan fingerprint density at radius 3 is 1.67 bits per heavy atom. The molecule has 66 valence electrons. The normalized spacial score (nSPS) is 36.3. The second kappa shape index (κ2) is 3.00. The fourth-order valence-corrected chi connectivity index (χ4v) is 2.52. The van der Waals surface area contributed by atoms with Crippen LogP contribution < -0.4 is 0 Å². The van der Waals surface area contributed by atoms with Crippen LogP contribution in [0.25, 0.3) is 0 Å². The number of carbonyl (C=O) groups excluding carboxylic acids is 2. The molecule has 0 saturated heterocycles. The smallest absolute Gasteiger partial charge is 0.137 e. The van der Waals surface area contributed by atoms with Gasteiger partial charge in [-0.1, -0.05) is 12.8 Å². The van der Waals surface area contributed by atoms with Crippen LogP contribution in [0.1, 0.15) is 38.5 Å². The Labute approximate surface area is 72.3 Å². The van der Waals surface area contributed by atoms with E-state index in [4.69, 9.17) is 0 Å². The second-order valence-electron chi connectivity index (χ2n) is 3.93. The van der Waals surface area contributed by atoms with Crippen molar-refractivity contribution >= 4 is 11.6 Å². The fourth-order valence-electron chi connectivity index (χ4n) is 2.52. The lowest BCUT2D eigenvalue weighted by atomic mass is 9.69. The summed E-state index contributed by atoms with van der Waals surface area (Å²) in [5, 5.41) is 0. The molecular weight excluding hydrogens is 152 g/mol. The average Bonchev–Trinajstić information content (AvgIpc) is 2.12. The molecule has 2 heteroatoms. The van der Waals surface area contributed by atoms with Gasteiger partial charge in [0.05, 0.1) is 0 Å². The molecule has 2 nitrogen and oxygen atoms in total. The molecule has 2 fully saturated rings. The predicted octanol–water partition coefficient (Wildman–Crippen LogP) is 1.72. The first-order valence-electron chi connectivity index (χ1n) is 4.84. The maximum Gasteiger partial charge on any atom is 0.137 e. The van der Waals surface area contributed by atoms with Crippen LogP contribution in [0.2, 0.25) is 0 Å². The van der Waals surface area contributed by atoms with Gasteiger partial charge in [0.2, 0.25) is 0 Å². The van der Waals surface area contributed by atoms with Gasteiger partial charge in [-0.15, -0.1) is 0 Å². The summed E-state index contributed by atoms with van der Waals surface area (Å²) < 4.78 is 0. The van der Waals surface area contributed by atoms with E-state index in [9.17, 15) is 9.59 Å². The first-order valence-corrected chi connectivity index (χ1v) is 4.84. The van der Waals surface area contributed by atoms with Crippen molar-refractivity contribution < 1.29 is 9.59 Å². The highest BCUT2D eigenvalue weighted by Gasteiger charge is 2.38. The molecule has 0 spiro atoms. The van der Waals surface area contributed by atoms with Crippen LogP contribution in [0.4, 0.5) is 0 Å². The van der Waals surface area contributed by atoms with Gasteiger partial charge < -0.3 is 0 Å². The van der Waals surface area contributed by atoms with E-state index in [0.717, 1.165) is 25.7 Å². The van der Waals surface area contributed by atoms with Crippen LogP contribution >= 0.6 is 0 Å². The molecule has 2 aliphatic carbocycles. The molecule has 0 amide bonds. The highest BCUT2D eigenvalue weighted by atomic mass is 16.1. The largest absolute Gasteiger partial charge is 0.299 e. The lowest BCUT2D eigenvalue weighted by Crippen LogP contribution is -2.37. The van der Waals surface area contributed by atoms with Gasteiger partial charge in [0, 0.05) is 24.7 Å². The molecule has 0 aliphatic heterocycles. The highest BCUT2D eigenvalue weighted by molar-refractivity contribution is 5.96. The molecule has 2 atom stereocenters. The number of hydrogen-bond acceptors (Lipinski definition) is 2. The van der Waals surface area contributed by atoms with Crippen LogP contribution in [0.15, 0.2) is 0 Å². The molecule has 12 heavy (non-hydrogen) atoms. The zero-order valence-corrected chi connectivity index (χ0v) is 7.21. The van der Waals surface area contributed by atoms with Crippen LogP contribution in [0.3, 0.4) is 0 Å². The minimum Gasteiger partial charge on any atom is -0.299 e.